The van der Waals surface area contributed by atoms with Crippen LogP contribution >= 0.6 is 0 Å². The van der Waals surface area contributed by atoms with Crippen LogP contribution in [0.3, 0.4) is 0 Å². The van der Waals surface area contributed by atoms with E-state index in [1.165, 1.54) is 18.4 Å². The molecule has 120 valence electrons. The topological polar surface area (TPSA) is 23.6 Å². The van der Waals surface area contributed by atoms with E-state index in [-0.39, 0.29) is 5.92 Å². The van der Waals surface area contributed by atoms with Crippen molar-refractivity contribution >= 4 is 12.0 Å². The van der Waals surface area contributed by atoms with Crippen molar-refractivity contribution in [1.82, 2.24) is 4.90 Å². The molecule has 1 heterocycles. The molecule has 1 aliphatic heterocycles. The molecule has 1 aromatic rings. The van der Waals surface area contributed by atoms with Gasteiger partial charge in [0.1, 0.15) is 6.29 Å². The van der Waals surface area contributed by atoms with Crippen molar-refractivity contribution in [3.8, 4) is 0 Å². The van der Waals surface area contributed by atoms with Crippen LogP contribution in [0.2, 0.25) is 0 Å². The largest absolute Gasteiger partial charge is 0.345 e. The minimum absolute atomic E-state index is 0.0942. The fourth-order valence-electron chi connectivity index (χ4n) is 3.16. The first kappa shape index (κ1) is 16.8. The third kappa shape index (κ3) is 4.20. The van der Waals surface area contributed by atoms with Crippen molar-refractivity contribution in [2.75, 3.05) is 24.5 Å². The number of nitrogens with zero attached hydrogens (tertiary/aromatic N) is 2. The molecule has 0 bridgehead atoms. The number of hydrogen-bond acceptors (Lipinski definition) is 3. The zero-order valence-electron chi connectivity index (χ0n) is 13.9. The van der Waals surface area contributed by atoms with E-state index in [9.17, 15) is 4.79 Å². The van der Waals surface area contributed by atoms with Crippen LogP contribution in [0.15, 0.2) is 36.5 Å². The second-order valence-electron chi connectivity index (χ2n) is 6.22. The van der Waals surface area contributed by atoms with Crippen molar-refractivity contribution in [2.45, 2.75) is 39.7 Å². The van der Waals surface area contributed by atoms with Crippen LogP contribution in [0.4, 0.5) is 5.69 Å². The Bertz CT molecular complexity index is 489. The number of allylic oxidation sites excluding steroid dienone is 1. The lowest BCUT2D eigenvalue weighted by Crippen LogP contribution is -2.25. The third-order valence-electron chi connectivity index (χ3n) is 4.22. The molecule has 0 radical (unpaired) electrons. The SMILES string of the molecule is C=C1CC(C=O)CN1c1ccc(CN(CCC)CCC)cc1. The monoisotopic (exact) mass is 300 g/mol. The molecule has 2 rings (SSSR count). The molecule has 1 fully saturated rings. The molecule has 1 aromatic carbocycles. The average Bonchev–Trinajstić information content (AvgIpc) is 2.90. The molecule has 0 N–H and O–H groups in total. The Labute approximate surface area is 134 Å². The molecule has 1 aliphatic rings. The van der Waals surface area contributed by atoms with Gasteiger partial charge >= 0.3 is 0 Å². The summed E-state index contributed by atoms with van der Waals surface area (Å²) < 4.78 is 0. The third-order valence-corrected chi connectivity index (χ3v) is 4.22. The van der Waals surface area contributed by atoms with Crippen LogP contribution in [0.1, 0.15) is 38.7 Å². The molecule has 22 heavy (non-hydrogen) atoms. The number of carbonyl (C=O) groups is 1. The Morgan fingerprint density at radius 2 is 1.86 bits per heavy atom. The summed E-state index contributed by atoms with van der Waals surface area (Å²) in [5.74, 6) is 0.0942. The zero-order valence-corrected chi connectivity index (χ0v) is 13.9. The maximum absolute atomic E-state index is 11.0. The van der Waals surface area contributed by atoms with Crippen LogP contribution in [-0.4, -0.2) is 30.8 Å². The first-order chi connectivity index (χ1) is 10.7. The van der Waals surface area contributed by atoms with E-state index in [1.807, 2.05) is 0 Å². The normalized spacial score (nSPS) is 18.2. The van der Waals surface area contributed by atoms with E-state index in [0.29, 0.717) is 0 Å². The first-order valence-electron chi connectivity index (χ1n) is 8.39. The smallest absolute Gasteiger partial charge is 0.125 e. The van der Waals surface area contributed by atoms with E-state index in [1.54, 1.807) is 0 Å². The molecular formula is C19H28N2O. The van der Waals surface area contributed by atoms with Gasteiger partial charge in [-0.2, -0.15) is 0 Å². The highest BCUT2D eigenvalue weighted by Crippen LogP contribution is 2.30. The summed E-state index contributed by atoms with van der Waals surface area (Å²) in [6.07, 6.45) is 4.22. The predicted molar refractivity (Wildman–Crippen MR) is 93.0 cm³/mol. The zero-order chi connectivity index (χ0) is 15.9. The Kier molecular flexibility index (Phi) is 6.20. The average molecular weight is 300 g/mol. The van der Waals surface area contributed by atoms with Crippen LogP contribution in [0.5, 0.6) is 0 Å². The lowest BCUT2D eigenvalue weighted by Gasteiger charge is -2.22. The van der Waals surface area contributed by atoms with Crippen LogP contribution in [0, 0.1) is 5.92 Å². The Morgan fingerprint density at radius 3 is 2.36 bits per heavy atom. The summed E-state index contributed by atoms with van der Waals surface area (Å²) >= 11 is 0. The maximum Gasteiger partial charge on any atom is 0.125 e. The van der Waals surface area contributed by atoms with Crippen LogP contribution in [0.25, 0.3) is 0 Å². The number of hydrogen-bond donors (Lipinski definition) is 0. The van der Waals surface area contributed by atoms with Gasteiger partial charge < -0.3 is 9.69 Å². The summed E-state index contributed by atoms with van der Waals surface area (Å²) in [5.41, 5.74) is 3.54. The molecule has 0 saturated carbocycles. The summed E-state index contributed by atoms with van der Waals surface area (Å²) in [4.78, 5) is 15.6. The number of rotatable bonds is 8. The van der Waals surface area contributed by atoms with Crippen LogP contribution < -0.4 is 4.90 Å². The molecular weight excluding hydrogens is 272 g/mol. The van der Waals surface area contributed by atoms with Crippen LogP contribution in [-0.2, 0) is 11.3 Å². The molecule has 0 amide bonds. The minimum atomic E-state index is 0.0942. The van der Waals surface area contributed by atoms with Gasteiger partial charge in [0.2, 0.25) is 0 Å². The quantitative estimate of drug-likeness (QED) is 0.681. The maximum atomic E-state index is 11.0. The molecule has 1 atom stereocenters. The summed E-state index contributed by atoms with van der Waals surface area (Å²) in [5, 5.41) is 0. The van der Waals surface area contributed by atoms with Crippen molar-refractivity contribution in [1.29, 1.82) is 0 Å². The van der Waals surface area contributed by atoms with Gasteiger partial charge in [0.15, 0.2) is 0 Å². The van der Waals surface area contributed by atoms with E-state index in [0.717, 1.165) is 50.3 Å². The Balaban J connectivity index is 2.00. The molecule has 0 aliphatic carbocycles. The Morgan fingerprint density at radius 1 is 1.23 bits per heavy atom. The van der Waals surface area contributed by atoms with E-state index >= 15 is 0 Å². The fourth-order valence-corrected chi connectivity index (χ4v) is 3.16. The first-order valence-corrected chi connectivity index (χ1v) is 8.39. The van der Waals surface area contributed by atoms with Crippen molar-refractivity contribution in [3.05, 3.63) is 42.1 Å². The lowest BCUT2D eigenvalue weighted by atomic mass is 10.1. The molecule has 1 saturated heterocycles. The van der Waals surface area contributed by atoms with Gasteiger partial charge in [-0.3, -0.25) is 4.90 Å². The standard InChI is InChI=1S/C19H28N2O/c1-4-10-20(11-5-2)13-17-6-8-19(9-7-17)21-14-18(15-22)12-16(21)3/h6-9,15,18H,3-5,10-14H2,1-2H3. The molecule has 3 nitrogen and oxygen atoms in total. The molecule has 1 unspecified atom stereocenters. The molecule has 0 aromatic heterocycles. The van der Waals surface area contributed by atoms with Gasteiger partial charge in [0, 0.05) is 30.4 Å². The second kappa shape index (κ2) is 8.14. The summed E-state index contributed by atoms with van der Waals surface area (Å²) in [6.45, 7) is 12.6. The lowest BCUT2D eigenvalue weighted by molar-refractivity contribution is -0.110. The number of aldehydes is 1. The van der Waals surface area contributed by atoms with E-state index in [2.05, 4.69) is 54.5 Å². The van der Waals surface area contributed by atoms with Crippen molar-refractivity contribution < 1.29 is 4.79 Å². The molecule has 0 spiro atoms. The van der Waals surface area contributed by atoms with Gasteiger partial charge in [-0.25, -0.2) is 0 Å². The van der Waals surface area contributed by atoms with E-state index in [4.69, 9.17) is 0 Å². The predicted octanol–water partition coefficient (Wildman–Crippen LogP) is 3.85. The van der Waals surface area contributed by atoms with Crippen molar-refractivity contribution in [3.63, 3.8) is 0 Å². The highest BCUT2D eigenvalue weighted by atomic mass is 16.1. The summed E-state index contributed by atoms with van der Waals surface area (Å²) in [7, 11) is 0. The second-order valence-corrected chi connectivity index (χ2v) is 6.22. The van der Waals surface area contributed by atoms with Gasteiger partial charge in [-0.05, 0) is 50.0 Å². The summed E-state index contributed by atoms with van der Waals surface area (Å²) in [6, 6.07) is 8.72. The van der Waals surface area contributed by atoms with Gasteiger partial charge in [0.25, 0.3) is 0 Å². The van der Waals surface area contributed by atoms with Crippen molar-refractivity contribution in [2.24, 2.45) is 5.92 Å². The Hall–Kier alpha value is -1.61. The van der Waals surface area contributed by atoms with Gasteiger partial charge in [-0.15, -0.1) is 0 Å². The highest BCUT2D eigenvalue weighted by Gasteiger charge is 2.25. The van der Waals surface area contributed by atoms with E-state index < -0.39 is 0 Å². The highest BCUT2D eigenvalue weighted by molar-refractivity contribution is 5.63. The van der Waals surface area contributed by atoms with Gasteiger partial charge in [0.05, 0.1) is 0 Å². The number of benzene rings is 1. The molecule has 3 heteroatoms. The number of anilines is 1. The number of carbonyl (C=O) groups excluding carboxylic acids is 1. The fraction of sp³-hybridized carbons (Fsp3) is 0.526. The minimum Gasteiger partial charge on any atom is -0.345 e. The van der Waals surface area contributed by atoms with Gasteiger partial charge in [-0.1, -0.05) is 32.6 Å².